The zero-order valence-corrected chi connectivity index (χ0v) is 12.1. The molecular weight excluding hydrogens is 270 g/mol. The summed E-state index contributed by atoms with van der Waals surface area (Å²) < 4.78 is 27.0. The van der Waals surface area contributed by atoms with Crippen LogP contribution in [0.1, 0.15) is 12.8 Å². The summed E-state index contributed by atoms with van der Waals surface area (Å²) in [5.74, 6) is 0.399. The van der Waals surface area contributed by atoms with E-state index in [1.807, 2.05) is 0 Å². The first-order valence-electron chi connectivity index (χ1n) is 5.99. The summed E-state index contributed by atoms with van der Waals surface area (Å²) in [7, 11) is -1.32. The van der Waals surface area contributed by atoms with E-state index in [0.29, 0.717) is 22.4 Å². The largest absolute Gasteiger partial charge is 0.398 e. The van der Waals surface area contributed by atoms with Crippen molar-refractivity contribution in [2.24, 2.45) is 5.92 Å². The van der Waals surface area contributed by atoms with Crippen molar-refractivity contribution in [3.8, 4) is 0 Å². The zero-order valence-electron chi connectivity index (χ0n) is 10.4. The monoisotopic (exact) mass is 289 g/mol. The van der Waals surface area contributed by atoms with Crippen LogP contribution in [0.2, 0.25) is 0 Å². The van der Waals surface area contributed by atoms with Crippen molar-refractivity contribution < 1.29 is 8.42 Å². The highest BCUT2D eigenvalue weighted by Gasteiger charge is 2.21. The van der Waals surface area contributed by atoms with Gasteiger partial charge in [0, 0.05) is 24.2 Å². The maximum Gasteiger partial charge on any atom is 0.250 e. The molecule has 0 saturated carbocycles. The third-order valence-corrected chi connectivity index (χ3v) is 6.03. The predicted molar refractivity (Wildman–Crippen MR) is 74.1 cm³/mol. The molecule has 0 bridgehead atoms. The van der Waals surface area contributed by atoms with E-state index in [9.17, 15) is 8.42 Å². The van der Waals surface area contributed by atoms with Gasteiger partial charge in [-0.3, -0.25) is 0 Å². The molecule has 1 fully saturated rings. The van der Waals surface area contributed by atoms with E-state index in [0.717, 1.165) is 37.3 Å². The molecule has 2 heterocycles. The summed E-state index contributed by atoms with van der Waals surface area (Å²) in [6.07, 6.45) is 2.22. The lowest BCUT2D eigenvalue weighted by Gasteiger charge is -2.29. The maximum atomic E-state index is 12.0. The van der Waals surface area contributed by atoms with Gasteiger partial charge in [0.15, 0.2) is 0 Å². The van der Waals surface area contributed by atoms with Gasteiger partial charge >= 0.3 is 0 Å². The second-order valence-corrected chi connectivity index (χ2v) is 7.73. The number of hydrogen-bond donors (Lipinski definition) is 2. The fourth-order valence-corrected chi connectivity index (χ4v) is 4.45. The molecule has 1 unspecified atom stereocenters. The number of sulfonamides is 1. The van der Waals surface area contributed by atoms with E-state index in [2.05, 4.69) is 16.7 Å². The number of thiophene rings is 1. The lowest BCUT2D eigenvalue weighted by molar-refractivity contribution is 0.211. The number of nitrogen functional groups attached to an aromatic ring is 1. The first kappa shape index (κ1) is 13.8. The maximum absolute atomic E-state index is 12.0. The Kier molecular flexibility index (Phi) is 4.26. The van der Waals surface area contributed by atoms with Gasteiger partial charge in [-0.2, -0.15) is 0 Å². The van der Waals surface area contributed by atoms with Gasteiger partial charge < -0.3 is 10.6 Å². The SMILES string of the molecule is CN1CCCC(CNS(=O)(=O)c2cc(N)cs2)C1. The highest BCUT2D eigenvalue weighted by Crippen LogP contribution is 2.22. The fourth-order valence-electron chi connectivity index (χ4n) is 2.21. The molecule has 0 spiro atoms. The Hall–Kier alpha value is -0.630. The average molecular weight is 289 g/mol. The minimum absolute atomic E-state index is 0.296. The molecule has 18 heavy (non-hydrogen) atoms. The Balaban J connectivity index is 1.93. The van der Waals surface area contributed by atoms with Crippen LogP contribution in [0.3, 0.4) is 0 Å². The van der Waals surface area contributed by atoms with Crippen LogP contribution >= 0.6 is 11.3 Å². The Labute approximate surface area is 112 Å². The van der Waals surface area contributed by atoms with E-state index >= 15 is 0 Å². The van der Waals surface area contributed by atoms with Gasteiger partial charge in [-0.05, 0) is 38.4 Å². The average Bonchev–Trinajstić information content (AvgIpc) is 2.74. The van der Waals surface area contributed by atoms with Crippen molar-refractivity contribution in [1.29, 1.82) is 0 Å². The van der Waals surface area contributed by atoms with Crippen LogP contribution in [0.25, 0.3) is 0 Å². The second kappa shape index (κ2) is 5.56. The third-order valence-electron chi connectivity index (χ3n) is 3.14. The number of rotatable bonds is 4. The smallest absolute Gasteiger partial charge is 0.250 e. The molecule has 2 rings (SSSR count). The Morgan fingerprint density at radius 2 is 2.39 bits per heavy atom. The number of anilines is 1. The normalized spacial score (nSPS) is 22.2. The second-order valence-electron chi connectivity index (χ2n) is 4.82. The van der Waals surface area contributed by atoms with Crippen molar-refractivity contribution in [3.05, 3.63) is 11.4 Å². The third kappa shape index (κ3) is 3.44. The Morgan fingerprint density at radius 3 is 3.00 bits per heavy atom. The molecule has 5 nitrogen and oxygen atoms in total. The van der Waals surface area contributed by atoms with Crippen molar-refractivity contribution >= 4 is 27.0 Å². The molecule has 0 aromatic carbocycles. The number of likely N-dealkylation sites (tertiary alicyclic amines) is 1. The summed E-state index contributed by atoms with van der Waals surface area (Å²) in [4.78, 5) is 2.24. The lowest BCUT2D eigenvalue weighted by Crippen LogP contribution is -2.38. The van der Waals surface area contributed by atoms with Gasteiger partial charge in [-0.25, -0.2) is 13.1 Å². The first-order chi connectivity index (χ1) is 8.47. The van der Waals surface area contributed by atoms with Crippen molar-refractivity contribution in [1.82, 2.24) is 9.62 Å². The molecule has 0 radical (unpaired) electrons. The summed E-state index contributed by atoms with van der Waals surface area (Å²) in [6.45, 7) is 2.56. The number of hydrogen-bond acceptors (Lipinski definition) is 5. The van der Waals surface area contributed by atoms with Gasteiger partial charge in [-0.15, -0.1) is 11.3 Å². The van der Waals surface area contributed by atoms with Gasteiger partial charge in [0.1, 0.15) is 4.21 Å². The molecule has 102 valence electrons. The molecule has 0 amide bonds. The standard InChI is InChI=1S/C11H19N3O2S2/c1-14-4-2-3-9(7-14)6-13-18(15,16)11-5-10(12)8-17-11/h5,8-9,13H,2-4,6-7,12H2,1H3. The minimum atomic E-state index is -3.39. The number of nitrogens with one attached hydrogen (secondary N) is 1. The molecule has 7 heteroatoms. The Morgan fingerprint density at radius 1 is 1.61 bits per heavy atom. The molecule has 1 aromatic heterocycles. The van der Waals surface area contributed by atoms with E-state index in [1.54, 1.807) is 5.38 Å². The van der Waals surface area contributed by atoms with Crippen LogP contribution in [0.4, 0.5) is 5.69 Å². The van der Waals surface area contributed by atoms with Gasteiger partial charge in [0.25, 0.3) is 0 Å². The highest BCUT2D eigenvalue weighted by atomic mass is 32.2. The molecule has 1 aliphatic rings. The summed E-state index contributed by atoms with van der Waals surface area (Å²) in [6, 6.07) is 1.50. The summed E-state index contributed by atoms with van der Waals surface area (Å²) in [5, 5.41) is 1.64. The van der Waals surface area contributed by atoms with Gasteiger partial charge in [0.2, 0.25) is 10.0 Å². The molecule has 1 saturated heterocycles. The molecule has 1 aliphatic heterocycles. The quantitative estimate of drug-likeness (QED) is 0.865. The molecule has 0 aliphatic carbocycles. The van der Waals surface area contributed by atoms with Crippen LogP contribution in [0, 0.1) is 5.92 Å². The van der Waals surface area contributed by atoms with E-state index in [4.69, 9.17) is 5.73 Å². The van der Waals surface area contributed by atoms with E-state index in [-0.39, 0.29) is 0 Å². The van der Waals surface area contributed by atoms with E-state index in [1.165, 1.54) is 6.07 Å². The zero-order chi connectivity index (χ0) is 13.2. The first-order valence-corrected chi connectivity index (χ1v) is 8.36. The van der Waals surface area contributed by atoms with Crippen molar-refractivity contribution in [2.45, 2.75) is 17.1 Å². The lowest BCUT2D eigenvalue weighted by atomic mass is 9.99. The molecular formula is C11H19N3O2S2. The fraction of sp³-hybridized carbons (Fsp3) is 0.636. The number of nitrogens with two attached hydrogens (primary N) is 1. The van der Waals surface area contributed by atoms with Crippen LogP contribution < -0.4 is 10.5 Å². The Bertz CT molecular complexity index is 498. The highest BCUT2D eigenvalue weighted by molar-refractivity contribution is 7.91. The summed E-state index contributed by atoms with van der Waals surface area (Å²) >= 11 is 1.16. The van der Waals surface area contributed by atoms with Gasteiger partial charge in [-0.1, -0.05) is 0 Å². The number of nitrogens with zero attached hydrogens (tertiary/aromatic N) is 1. The van der Waals surface area contributed by atoms with Crippen LogP contribution in [0.15, 0.2) is 15.7 Å². The van der Waals surface area contributed by atoms with Crippen LogP contribution in [-0.4, -0.2) is 40.0 Å². The van der Waals surface area contributed by atoms with Crippen molar-refractivity contribution in [2.75, 3.05) is 32.4 Å². The van der Waals surface area contributed by atoms with Gasteiger partial charge in [0.05, 0.1) is 0 Å². The molecule has 1 aromatic rings. The number of piperidine rings is 1. The van der Waals surface area contributed by atoms with Crippen LogP contribution in [-0.2, 0) is 10.0 Å². The van der Waals surface area contributed by atoms with Crippen LogP contribution in [0.5, 0.6) is 0 Å². The topological polar surface area (TPSA) is 75.4 Å². The minimum Gasteiger partial charge on any atom is -0.398 e. The van der Waals surface area contributed by atoms with Crippen molar-refractivity contribution in [3.63, 3.8) is 0 Å². The summed E-state index contributed by atoms with van der Waals surface area (Å²) in [5.41, 5.74) is 6.04. The van der Waals surface area contributed by atoms with E-state index < -0.39 is 10.0 Å². The molecule has 1 atom stereocenters. The molecule has 3 N–H and O–H groups in total. The predicted octanol–water partition coefficient (Wildman–Crippen LogP) is 0.950.